The van der Waals surface area contributed by atoms with Gasteiger partial charge >= 0.3 is 12.1 Å². The summed E-state index contributed by atoms with van der Waals surface area (Å²) in [7, 11) is 0. The molecule has 3 aromatic carbocycles. The van der Waals surface area contributed by atoms with Crippen LogP contribution in [0.25, 0.3) is 33.2 Å². The van der Waals surface area contributed by atoms with E-state index in [-0.39, 0.29) is 5.97 Å². The molecule has 5 aromatic rings. The summed E-state index contributed by atoms with van der Waals surface area (Å²) in [5.74, 6) is 0.164. The van der Waals surface area contributed by atoms with Crippen LogP contribution in [0.1, 0.15) is 39.3 Å². The van der Waals surface area contributed by atoms with Crippen LogP contribution in [0.3, 0.4) is 0 Å². The summed E-state index contributed by atoms with van der Waals surface area (Å²) in [6, 6.07) is 19.9. The number of aromatic nitrogens is 4. The summed E-state index contributed by atoms with van der Waals surface area (Å²) >= 11 is 0. The highest BCUT2D eigenvalue weighted by molar-refractivity contribution is 5.94. The number of nitrogens with two attached hydrogens (primary N) is 1. The minimum Gasteiger partial charge on any atom is -0.463 e. The average molecular weight is 539 g/mol. The van der Waals surface area contributed by atoms with Gasteiger partial charge in [-0.2, -0.15) is 9.78 Å². The molecular formula is C30H30N6O4. The fourth-order valence-corrected chi connectivity index (χ4v) is 4.42. The van der Waals surface area contributed by atoms with Crippen molar-refractivity contribution in [2.75, 3.05) is 5.32 Å². The van der Waals surface area contributed by atoms with Crippen molar-refractivity contribution in [1.82, 2.24) is 19.7 Å². The Balaban J connectivity index is 1.49. The van der Waals surface area contributed by atoms with E-state index in [4.69, 9.17) is 20.4 Å². The predicted octanol–water partition coefficient (Wildman–Crippen LogP) is 5.89. The maximum absolute atomic E-state index is 12.6. The minimum absolute atomic E-state index is 0.357. The van der Waals surface area contributed by atoms with Gasteiger partial charge in [-0.1, -0.05) is 37.3 Å². The molecule has 0 aliphatic heterocycles. The first-order chi connectivity index (χ1) is 19.0. The van der Waals surface area contributed by atoms with Gasteiger partial charge in [0.2, 0.25) is 0 Å². The molecule has 4 N–H and O–H groups in total. The van der Waals surface area contributed by atoms with Crippen molar-refractivity contribution in [2.45, 2.75) is 39.3 Å². The molecule has 0 bridgehead atoms. The third kappa shape index (κ3) is 5.48. The van der Waals surface area contributed by atoms with Gasteiger partial charge in [0.05, 0.1) is 23.1 Å². The van der Waals surface area contributed by atoms with Gasteiger partial charge in [0.1, 0.15) is 11.4 Å². The summed E-state index contributed by atoms with van der Waals surface area (Å²) in [5.41, 5.74) is 9.35. The Labute approximate surface area is 230 Å². The maximum atomic E-state index is 12.6. The number of para-hydroxylation sites is 1. The largest absolute Gasteiger partial charge is 0.463 e. The highest BCUT2D eigenvalue weighted by Crippen LogP contribution is 2.31. The molecule has 204 valence electrons. The standard InChI is InChI=1S/C30H30N6O4/c1-17(28(37)40-30(2,3)4)25(31)18-8-7-9-19(14-18)26-34-23-11-6-5-10-22(23)27(35-26)33-21-12-13-24-20(15-21)16-32-36(24)29(38)39/h5-17,25H,31H2,1-4H3,(H,38,39)(H,33,34,35)/t17-,25?/m1/s1. The van der Waals surface area contributed by atoms with E-state index >= 15 is 0 Å². The molecular weight excluding hydrogens is 508 g/mol. The van der Waals surface area contributed by atoms with E-state index in [2.05, 4.69) is 10.4 Å². The molecule has 0 saturated heterocycles. The fraction of sp³-hybridized carbons (Fsp3) is 0.233. The number of fused-ring (bicyclic) bond motifs is 2. The number of rotatable bonds is 6. The number of carbonyl (C=O) groups excluding carboxylic acids is 1. The molecule has 0 amide bonds. The third-order valence-corrected chi connectivity index (χ3v) is 6.46. The second-order valence-corrected chi connectivity index (χ2v) is 10.6. The minimum atomic E-state index is -1.15. The highest BCUT2D eigenvalue weighted by Gasteiger charge is 2.27. The summed E-state index contributed by atoms with van der Waals surface area (Å²) in [5, 5.41) is 18.1. The molecule has 0 saturated carbocycles. The smallest absolute Gasteiger partial charge is 0.432 e. The molecule has 2 aromatic heterocycles. The SMILES string of the molecule is C[C@@H](C(=O)OC(C)(C)C)C(N)c1cccc(-c2nc(Nc3ccc4c(cnn4C(=O)O)c3)c3ccccc3n2)c1. The summed E-state index contributed by atoms with van der Waals surface area (Å²) in [4.78, 5) is 33.7. The maximum Gasteiger partial charge on any atom is 0.432 e. The lowest BCUT2D eigenvalue weighted by molar-refractivity contribution is -0.160. The fourth-order valence-electron chi connectivity index (χ4n) is 4.42. The summed E-state index contributed by atoms with van der Waals surface area (Å²) in [6.07, 6.45) is 0.357. The van der Waals surface area contributed by atoms with E-state index in [1.54, 1.807) is 19.1 Å². The van der Waals surface area contributed by atoms with E-state index in [9.17, 15) is 14.7 Å². The Morgan fingerprint density at radius 2 is 1.80 bits per heavy atom. The Morgan fingerprint density at radius 1 is 1.02 bits per heavy atom. The second-order valence-electron chi connectivity index (χ2n) is 10.6. The normalized spacial score (nSPS) is 13.2. The molecule has 0 aliphatic rings. The zero-order valence-electron chi connectivity index (χ0n) is 22.6. The van der Waals surface area contributed by atoms with Crippen LogP contribution in [0.15, 0.2) is 72.9 Å². The molecule has 0 spiro atoms. The molecule has 1 unspecified atom stereocenters. The van der Waals surface area contributed by atoms with Crippen LogP contribution < -0.4 is 11.1 Å². The van der Waals surface area contributed by atoms with Gasteiger partial charge in [-0.3, -0.25) is 4.79 Å². The first kappa shape index (κ1) is 26.8. The first-order valence-electron chi connectivity index (χ1n) is 12.8. The Morgan fingerprint density at radius 3 is 2.55 bits per heavy atom. The van der Waals surface area contributed by atoms with Crippen LogP contribution in [0.4, 0.5) is 16.3 Å². The van der Waals surface area contributed by atoms with Crippen molar-refractivity contribution in [2.24, 2.45) is 11.7 Å². The second kappa shape index (κ2) is 10.4. The van der Waals surface area contributed by atoms with Gasteiger partial charge < -0.3 is 20.9 Å². The average Bonchev–Trinajstić information content (AvgIpc) is 3.35. The quantitative estimate of drug-likeness (QED) is 0.225. The van der Waals surface area contributed by atoms with Gasteiger partial charge in [-0.05, 0) is 62.7 Å². The number of nitrogens with one attached hydrogen (secondary N) is 1. The van der Waals surface area contributed by atoms with Crippen LogP contribution in [-0.2, 0) is 9.53 Å². The zero-order valence-corrected chi connectivity index (χ0v) is 22.6. The summed E-state index contributed by atoms with van der Waals surface area (Å²) in [6.45, 7) is 7.24. The van der Waals surface area contributed by atoms with E-state index in [0.29, 0.717) is 28.2 Å². The molecule has 2 atom stereocenters. The van der Waals surface area contributed by atoms with Gasteiger partial charge in [-0.25, -0.2) is 14.8 Å². The molecule has 40 heavy (non-hydrogen) atoms. The van der Waals surface area contributed by atoms with E-state index < -0.39 is 23.7 Å². The monoisotopic (exact) mass is 538 g/mol. The number of carboxylic acid groups (broad SMARTS) is 1. The van der Waals surface area contributed by atoms with Crippen molar-refractivity contribution in [1.29, 1.82) is 0 Å². The predicted molar refractivity (Wildman–Crippen MR) is 153 cm³/mol. The van der Waals surface area contributed by atoms with Crippen molar-refractivity contribution in [3.05, 3.63) is 78.5 Å². The lowest BCUT2D eigenvalue weighted by Crippen LogP contribution is -2.33. The van der Waals surface area contributed by atoms with Crippen LogP contribution >= 0.6 is 0 Å². The molecule has 2 heterocycles. The van der Waals surface area contributed by atoms with Gasteiger partial charge in [0.15, 0.2) is 5.82 Å². The number of hydrogen-bond acceptors (Lipinski definition) is 8. The number of anilines is 2. The Bertz CT molecular complexity index is 1740. The van der Waals surface area contributed by atoms with Crippen LogP contribution in [0.2, 0.25) is 0 Å². The van der Waals surface area contributed by atoms with Crippen molar-refractivity contribution in [3.8, 4) is 11.4 Å². The zero-order chi connectivity index (χ0) is 28.6. The first-order valence-corrected chi connectivity index (χ1v) is 12.8. The molecule has 0 radical (unpaired) electrons. The van der Waals surface area contributed by atoms with Gasteiger partial charge in [0, 0.05) is 28.1 Å². The van der Waals surface area contributed by atoms with Crippen LogP contribution in [0.5, 0.6) is 0 Å². The number of esters is 1. The van der Waals surface area contributed by atoms with Crippen molar-refractivity contribution < 1.29 is 19.4 Å². The molecule has 10 nitrogen and oxygen atoms in total. The number of carbonyl (C=O) groups is 2. The lowest BCUT2D eigenvalue weighted by Gasteiger charge is -2.25. The number of benzene rings is 3. The lowest BCUT2D eigenvalue weighted by atomic mass is 9.94. The van der Waals surface area contributed by atoms with Crippen molar-refractivity contribution >= 4 is 45.4 Å². The van der Waals surface area contributed by atoms with E-state index in [1.165, 1.54) is 6.20 Å². The van der Waals surface area contributed by atoms with E-state index in [0.717, 1.165) is 26.7 Å². The number of hydrogen-bond donors (Lipinski definition) is 3. The molecule has 0 aliphatic carbocycles. The molecule has 5 rings (SSSR count). The topological polar surface area (TPSA) is 145 Å². The Kier molecular flexibility index (Phi) is 6.95. The van der Waals surface area contributed by atoms with Gasteiger partial charge in [-0.15, -0.1) is 0 Å². The van der Waals surface area contributed by atoms with Crippen molar-refractivity contribution in [3.63, 3.8) is 0 Å². The molecule has 10 heteroatoms. The highest BCUT2D eigenvalue weighted by atomic mass is 16.6. The van der Waals surface area contributed by atoms with Crippen LogP contribution in [-0.4, -0.2) is 42.5 Å². The van der Waals surface area contributed by atoms with Gasteiger partial charge in [0.25, 0.3) is 0 Å². The number of nitrogens with zero attached hydrogens (tertiary/aromatic N) is 4. The summed E-state index contributed by atoms with van der Waals surface area (Å²) < 4.78 is 6.46. The molecule has 0 fully saturated rings. The Hall–Kier alpha value is -4.83. The number of ether oxygens (including phenoxy) is 1. The van der Waals surface area contributed by atoms with E-state index in [1.807, 2.05) is 75.4 Å². The van der Waals surface area contributed by atoms with Crippen LogP contribution in [0, 0.1) is 5.92 Å². The third-order valence-electron chi connectivity index (χ3n) is 6.46.